The fraction of sp³-hybridized carbons (Fsp3) is 0.250. The predicted molar refractivity (Wildman–Crippen MR) is 125 cm³/mol. The number of tetrazole rings is 1. The molecule has 9 heteroatoms. The number of amides is 1. The molecular formula is C24H24N8O. The first-order chi connectivity index (χ1) is 16.2. The van der Waals surface area contributed by atoms with Crippen LogP contribution in [0.1, 0.15) is 30.1 Å². The van der Waals surface area contributed by atoms with Crippen LogP contribution in [0, 0.1) is 5.92 Å². The number of carbonyl (C=O) groups is 1. The lowest BCUT2D eigenvalue weighted by molar-refractivity contribution is 0.102. The Kier molecular flexibility index (Phi) is 5.75. The Balaban J connectivity index is 1.24. The van der Waals surface area contributed by atoms with Crippen molar-refractivity contribution in [2.45, 2.75) is 19.8 Å². The molecule has 1 saturated heterocycles. The summed E-state index contributed by atoms with van der Waals surface area (Å²) in [7, 11) is 0. The van der Waals surface area contributed by atoms with E-state index in [0.29, 0.717) is 16.9 Å². The van der Waals surface area contributed by atoms with Crippen molar-refractivity contribution in [1.29, 1.82) is 0 Å². The van der Waals surface area contributed by atoms with E-state index in [1.807, 2.05) is 42.5 Å². The number of carbonyl (C=O) groups excluding carboxylic acids is 1. The van der Waals surface area contributed by atoms with Crippen molar-refractivity contribution >= 4 is 17.4 Å². The number of piperidine rings is 1. The number of aromatic nitrogens is 6. The van der Waals surface area contributed by atoms with E-state index in [1.165, 1.54) is 23.9 Å². The number of hydrogen-bond donors (Lipinski definition) is 1. The Labute approximate surface area is 191 Å². The van der Waals surface area contributed by atoms with Gasteiger partial charge in [-0.2, -0.15) is 0 Å². The minimum atomic E-state index is -0.210. The van der Waals surface area contributed by atoms with Crippen LogP contribution in [-0.4, -0.2) is 49.4 Å². The zero-order valence-electron chi connectivity index (χ0n) is 18.3. The predicted octanol–water partition coefficient (Wildman–Crippen LogP) is 3.61. The Morgan fingerprint density at radius 2 is 1.82 bits per heavy atom. The quantitative estimate of drug-likeness (QED) is 0.506. The number of hydrogen-bond acceptors (Lipinski definition) is 7. The second-order valence-electron chi connectivity index (χ2n) is 8.28. The van der Waals surface area contributed by atoms with Crippen molar-refractivity contribution in [3.05, 3.63) is 72.6 Å². The lowest BCUT2D eigenvalue weighted by Gasteiger charge is -2.30. The number of anilines is 2. The highest BCUT2D eigenvalue weighted by Gasteiger charge is 2.17. The van der Waals surface area contributed by atoms with Gasteiger partial charge in [0.2, 0.25) is 0 Å². The standard InChI is InChI=1S/C24H24N8O/c1-17-11-13-31(14-12-17)23-10-9-22(27-28-23)18-5-7-20(8-6-18)26-24(33)19-3-2-4-21(15-19)32-16-25-29-30-32/h2-10,15-17H,11-14H2,1H3,(H,26,33). The van der Waals surface area contributed by atoms with Crippen molar-refractivity contribution < 1.29 is 4.79 Å². The van der Waals surface area contributed by atoms with Crippen LogP contribution in [0.25, 0.3) is 16.9 Å². The zero-order valence-corrected chi connectivity index (χ0v) is 18.3. The fourth-order valence-electron chi connectivity index (χ4n) is 3.88. The number of nitrogens with zero attached hydrogens (tertiary/aromatic N) is 7. The molecule has 1 amide bonds. The summed E-state index contributed by atoms with van der Waals surface area (Å²) in [5.41, 5.74) is 3.67. The minimum absolute atomic E-state index is 0.210. The lowest BCUT2D eigenvalue weighted by Crippen LogP contribution is -2.33. The van der Waals surface area contributed by atoms with E-state index in [2.05, 4.69) is 42.9 Å². The number of rotatable bonds is 5. The first-order valence-electron chi connectivity index (χ1n) is 11.0. The molecule has 0 spiro atoms. The van der Waals surface area contributed by atoms with Gasteiger partial charge in [0.1, 0.15) is 6.33 Å². The van der Waals surface area contributed by atoms with E-state index in [1.54, 1.807) is 18.2 Å². The number of benzene rings is 2. The summed E-state index contributed by atoms with van der Waals surface area (Å²) in [5, 5.41) is 22.9. The molecule has 2 aromatic carbocycles. The van der Waals surface area contributed by atoms with Gasteiger partial charge in [0.05, 0.1) is 11.4 Å². The van der Waals surface area contributed by atoms with E-state index in [-0.39, 0.29) is 5.91 Å². The highest BCUT2D eigenvalue weighted by molar-refractivity contribution is 6.04. The summed E-state index contributed by atoms with van der Waals surface area (Å²) >= 11 is 0. The summed E-state index contributed by atoms with van der Waals surface area (Å²) in [4.78, 5) is 15.0. The average Bonchev–Trinajstić information content (AvgIpc) is 3.41. The smallest absolute Gasteiger partial charge is 0.255 e. The highest BCUT2D eigenvalue weighted by Crippen LogP contribution is 2.24. The highest BCUT2D eigenvalue weighted by atomic mass is 16.1. The molecule has 0 aliphatic carbocycles. The van der Waals surface area contributed by atoms with Crippen LogP contribution in [0.2, 0.25) is 0 Å². The summed E-state index contributed by atoms with van der Waals surface area (Å²) in [6, 6.07) is 18.7. The molecule has 0 atom stereocenters. The fourth-order valence-corrected chi connectivity index (χ4v) is 3.88. The average molecular weight is 441 g/mol. The maximum absolute atomic E-state index is 12.7. The third-order valence-electron chi connectivity index (χ3n) is 5.92. The third-order valence-corrected chi connectivity index (χ3v) is 5.92. The van der Waals surface area contributed by atoms with E-state index in [4.69, 9.17) is 0 Å². The molecule has 1 aliphatic rings. The minimum Gasteiger partial charge on any atom is -0.355 e. The van der Waals surface area contributed by atoms with Gasteiger partial charge >= 0.3 is 0 Å². The van der Waals surface area contributed by atoms with Crippen LogP contribution in [0.3, 0.4) is 0 Å². The van der Waals surface area contributed by atoms with E-state index in [9.17, 15) is 4.79 Å². The lowest BCUT2D eigenvalue weighted by atomic mass is 9.99. The van der Waals surface area contributed by atoms with E-state index >= 15 is 0 Å². The van der Waals surface area contributed by atoms with E-state index < -0.39 is 0 Å². The largest absolute Gasteiger partial charge is 0.355 e. The van der Waals surface area contributed by atoms with Crippen molar-refractivity contribution in [2.24, 2.45) is 5.92 Å². The summed E-state index contributed by atoms with van der Waals surface area (Å²) < 4.78 is 1.50. The SMILES string of the molecule is CC1CCN(c2ccc(-c3ccc(NC(=O)c4cccc(-n5cnnn5)c4)cc3)nn2)CC1. The molecule has 0 saturated carbocycles. The van der Waals surface area contributed by atoms with Crippen molar-refractivity contribution in [3.8, 4) is 16.9 Å². The molecular weight excluding hydrogens is 416 g/mol. The Hall–Kier alpha value is -4.14. The molecule has 9 nitrogen and oxygen atoms in total. The van der Waals surface area contributed by atoms with Crippen LogP contribution >= 0.6 is 0 Å². The molecule has 0 unspecified atom stereocenters. The van der Waals surface area contributed by atoms with Crippen LogP contribution in [0.5, 0.6) is 0 Å². The molecule has 5 rings (SSSR count). The van der Waals surface area contributed by atoms with Crippen molar-refractivity contribution in [1.82, 2.24) is 30.4 Å². The molecule has 1 fully saturated rings. The van der Waals surface area contributed by atoms with Gasteiger partial charge in [-0.25, -0.2) is 4.68 Å². The Morgan fingerprint density at radius 3 is 2.52 bits per heavy atom. The normalized spacial score (nSPS) is 14.3. The molecule has 2 aromatic heterocycles. The van der Waals surface area contributed by atoms with Crippen molar-refractivity contribution in [2.75, 3.05) is 23.3 Å². The molecule has 166 valence electrons. The van der Waals surface area contributed by atoms with Gasteiger partial charge in [-0.1, -0.05) is 25.1 Å². The second kappa shape index (κ2) is 9.15. The first-order valence-corrected chi connectivity index (χ1v) is 11.0. The van der Waals surface area contributed by atoms with Gasteiger partial charge in [0.25, 0.3) is 5.91 Å². The van der Waals surface area contributed by atoms with Crippen LogP contribution in [-0.2, 0) is 0 Å². The van der Waals surface area contributed by atoms with Crippen LogP contribution in [0.15, 0.2) is 67.0 Å². The monoisotopic (exact) mass is 440 g/mol. The zero-order chi connectivity index (χ0) is 22.6. The van der Waals surface area contributed by atoms with Crippen LogP contribution < -0.4 is 10.2 Å². The summed E-state index contributed by atoms with van der Waals surface area (Å²) in [6.07, 6.45) is 3.87. The van der Waals surface area contributed by atoms with Gasteiger partial charge in [-0.05, 0) is 71.7 Å². The molecule has 1 N–H and O–H groups in total. The summed E-state index contributed by atoms with van der Waals surface area (Å²) in [5.74, 6) is 1.50. The summed E-state index contributed by atoms with van der Waals surface area (Å²) in [6.45, 7) is 4.36. The molecule has 0 bridgehead atoms. The molecule has 4 aromatic rings. The molecule has 1 aliphatic heterocycles. The maximum Gasteiger partial charge on any atom is 0.255 e. The van der Waals surface area contributed by atoms with Gasteiger partial charge in [-0.3, -0.25) is 4.79 Å². The Morgan fingerprint density at radius 1 is 1.00 bits per heavy atom. The first kappa shape index (κ1) is 20.7. The van der Waals surface area contributed by atoms with E-state index in [0.717, 1.165) is 36.1 Å². The Bertz CT molecular complexity index is 1210. The van der Waals surface area contributed by atoms with Crippen molar-refractivity contribution in [3.63, 3.8) is 0 Å². The van der Waals surface area contributed by atoms with Gasteiger partial charge in [0, 0.05) is 29.9 Å². The molecule has 3 heterocycles. The molecule has 0 radical (unpaired) electrons. The topological polar surface area (TPSA) is 102 Å². The maximum atomic E-state index is 12.7. The van der Waals surface area contributed by atoms with Gasteiger partial charge < -0.3 is 10.2 Å². The third kappa shape index (κ3) is 4.72. The van der Waals surface area contributed by atoms with Gasteiger partial charge in [-0.15, -0.1) is 15.3 Å². The van der Waals surface area contributed by atoms with Gasteiger partial charge in [0.15, 0.2) is 5.82 Å². The van der Waals surface area contributed by atoms with Crippen LogP contribution in [0.4, 0.5) is 11.5 Å². The second-order valence-corrected chi connectivity index (χ2v) is 8.28. The molecule has 33 heavy (non-hydrogen) atoms. The number of nitrogens with one attached hydrogen (secondary N) is 1.